The second-order valence-corrected chi connectivity index (χ2v) is 4.29. The summed E-state index contributed by atoms with van der Waals surface area (Å²) in [6.45, 7) is 3.27. The molecule has 0 saturated heterocycles. The van der Waals surface area contributed by atoms with Crippen molar-refractivity contribution < 1.29 is 23.1 Å². The van der Waals surface area contributed by atoms with Gasteiger partial charge in [-0.15, -0.1) is 0 Å². The summed E-state index contributed by atoms with van der Waals surface area (Å²) in [5.74, 6) is -1.08. The van der Waals surface area contributed by atoms with Crippen molar-refractivity contribution >= 4 is 12.0 Å². The highest BCUT2D eigenvalue weighted by atomic mass is 19.4. The highest BCUT2D eigenvalue weighted by Gasteiger charge is 2.30. The normalized spacial score (nSPS) is 12.6. The number of hydrogen-bond acceptors (Lipinski definition) is 1. The molecular weight excluding hydrogens is 257 g/mol. The van der Waals surface area contributed by atoms with Gasteiger partial charge in [-0.3, -0.25) is 0 Å². The van der Waals surface area contributed by atoms with E-state index in [0.29, 0.717) is 24.0 Å². The van der Waals surface area contributed by atoms with Crippen LogP contribution in [0.2, 0.25) is 0 Å². The van der Waals surface area contributed by atoms with E-state index in [-0.39, 0.29) is 5.57 Å². The summed E-state index contributed by atoms with van der Waals surface area (Å²) in [7, 11) is 0. The largest absolute Gasteiger partial charge is 0.478 e. The molecule has 2 nitrogen and oxygen atoms in total. The molecule has 0 bridgehead atoms. The lowest BCUT2D eigenvalue weighted by Gasteiger charge is -2.11. The molecule has 104 valence electrons. The zero-order valence-electron chi connectivity index (χ0n) is 10.7. The summed E-state index contributed by atoms with van der Waals surface area (Å²) in [5.41, 5.74) is 0.422. The predicted molar refractivity (Wildman–Crippen MR) is 66.7 cm³/mol. The molecule has 0 spiro atoms. The first-order chi connectivity index (χ1) is 8.75. The Balaban J connectivity index is 3.26. The number of benzene rings is 1. The van der Waals surface area contributed by atoms with Crippen molar-refractivity contribution in [2.45, 2.75) is 32.9 Å². The first-order valence-electron chi connectivity index (χ1n) is 5.87. The maximum atomic E-state index is 12.6. The molecule has 5 heteroatoms. The van der Waals surface area contributed by atoms with E-state index in [1.165, 1.54) is 19.1 Å². The molecule has 0 aliphatic carbocycles. The Hall–Kier alpha value is -1.78. The third kappa shape index (κ3) is 4.12. The quantitative estimate of drug-likeness (QED) is 0.836. The van der Waals surface area contributed by atoms with Gasteiger partial charge in [-0.2, -0.15) is 13.2 Å². The van der Waals surface area contributed by atoms with E-state index in [1.54, 1.807) is 0 Å². The number of aliphatic carboxylic acids is 1. The van der Waals surface area contributed by atoms with Gasteiger partial charge in [0.15, 0.2) is 0 Å². The van der Waals surface area contributed by atoms with E-state index >= 15 is 0 Å². The van der Waals surface area contributed by atoms with Gasteiger partial charge in [-0.05, 0) is 42.7 Å². The number of alkyl halides is 3. The fourth-order valence-electron chi connectivity index (χ4n) is 1.70. The van der Waals surface area contributed by atoms with Crippen molar-refractivity contribution in [3.8, 4) is 0 Å². The number of hydrogen-bond donors (Lipinski definition) is 1. The van der Waals surface area contributed by atoms with Crippen molar-refractivity contribution in [1.29, 1.82) is 0 Å². The smallest absolute Gasteiger partial charge is 0.416 e. The Labute approximate surface area is 109 Å². The van der Waals surface area contributed by atoms with Crippen molar-refractivity contribution in [1.82, 2.24) is 0 Å². The van der Waals surface area contributed by atoms with Crippen LogP contribution in [0.1, 0.15) is 37.0 Å². The number of carboxylic acid groups (broad SMARTS) is 1. The Morgan fingerprint density at radius 3 is 2.47 bits per heavy atom. The number of carbonyl (C=O) groups is 1. The summed E-state index contributed by atoms with van der Waals surface area (Å²) in [5, 5.41) is 8.80. The lowest BCUT2D eigenvalue weighted by molar-refractivity contribution is -0.137. The van der Waals surface area contributed by atoms with Gasteiger partial charge in [0.25, 0.3) is 0 Å². The van der Waals surface area contributed by atoms with Crippen LogP contribution < -0.4 is 0 Å². The van der Waals surface area contributed by atoms with E-state index in [4.69, 9.17) is 5.11 Å². The first kappa shape index (κ1) is 15.3. The van der Waals surface area contributed by atoms with Crippen molar-refractivity contribution in [2.24, 2.45) is 0 Å². The monoisotopic (exact) mass is 272 g/mol. The van der Waals surface area contributed by atoms with Crippen LogP contribution >= 0.6 is 0 Å². The van der Waals surface area contributed by atoms with Gasteiger partial charge < -0.3 is 5.11 Å². The molecule has 1 N–H and O–H groups in total. The average Bonchev–Trinajstić information content (AvgIpc) is 2.30. The minimum absolute atomic E-state index is 0.0945. The summed E-state index contributed by atoms with van der Waals surface area (Å²) < 4.78 is 37.9. The Bertz CT molecular complexity index is 502. The summed E-state index contributed by atoms with van der Waals surface area (Å²) in [6.07, 6.45) is -1.82. The number of aryl methyl sites for hydroxylation is 1. The molecule has 19 heavy (non-hydrogen) atoms. The van der Waals surface area contributed by atoms with Gasteiger partial charge in [0.05, 0.1) is 5.56 Å². The topological polar surface area (TPSA) is 37.3 Å². The van der Waals surface area contributed by atoms with Crippen LogP contribution in [0.25, 0.3) is 6.08 Å². The van der Waals surface area contributed by atoms with Gasteiger partial charge in [0.1, 0.15) is 0 Å². The van der Waals surface area contributed by atoms with Gasteiger partial charge in [-0.25, -0.2) is 4.79 Å². The van der Waals surface area contributed by atoms with E-state index in [1.807, 2.05) is 6.92 Å². The molecule has 0 saturated carbocycles. The Morgan fingerprint density at radius 1 is 1.37 bits per heavy atom. The van der Waals surface area contributed by atoms with Gasteiger partial charge in [0.2, 0.25) is 0 Å². The molecule has 0 fully saturated rings. The zero-order chi connectivity index (χ0) is 14.6. The van der Waals surface area contributed by atoms with E-state index in [2.05, 4.69) is 0 Å². The first-order valence-corrected chi connectivity index (χ1v) is 5.87. The van der Waals surface area contributed by atoms with Crippen LogP contribution in [0, 0.1) is 0 Å². The van der Waals surface area contributed by atoms with Gasteiger partial charge >= 0.3 is 12.1 Å². The number of carboxylic acids is 1. The SMILES string of the molecule is CCCc1cc(C(F)(F)F)ccc1C=C(C)C(=O)O. The molecule has 1 aromatic rings. The molecule has 1 rings (SSSR count). The second-order valence-electron chi connectivity index (χ2n) is 4.29. The standard InChI is InChI=1S/C14H15F3O2/c1-3-4-10-8-12(14(15,16)17)6-5-11(10)7-9(2)13(18)19/h5-8H,3-4H2,1-2H3,(H,18,19). The second kappa shape index (κ2) is 5.91. The van der Waals surface area contributed by atoms with Crippen LogP contribution in [0.5, 0.6) is 0 Å². The van der Waals surface area contributed by atoms with Crippen LogP contribution in [0.4, 0.5) is 13.2 Å². The molecule has 0 heterocycles. The molecule has 1 aromatic carbocycles. The van der Waals surface area contributed by atoms with Crippen LogP contribution in [-0.2, 0) is 17.4 Å². The predicted octanol–water partition coefficient (Wildman–Crippen LogP) is 4.15. The molecule has 0 amide bonds. The molecule has 0 atom stereocenters. The lowest BCUT2D eigenvalue weighted by Crippen LogP contribution is -2.06. The third-order valence-corrected chi connectivity index (χ3v) is 2.70. The minimum Gasteiger partial charge on any atom is -0.478 e. The third-order valence-electron chi connectivity index (χ3n) is 2.70. The van der Waals surface area contributed by atoms with Gasteiger partial charge in [0, 0.05) is 5.57 Å². The summed E-state index contributed by atoms with van der Waals surface area (Å²) in [6, 6.07) is 3.38. The average molecular weight is 272 g/mol. The maximum absolute atomic E-state index is 12.6. The fraction of sp³-hybridized carbons (Fsp3) is 0.357. The zero-order valence-corrected chi connectivity index (χ0v) is 10.7. The molecule has 0 aromatic heterocycles. The lowest BCUT2D eigenvalue weighted by atomic mass is 9.98. The van der Waals surface area contributed by atoms with Crippen molar-refractivity contribution in [3.05, 3.63) is 40.5 Å². The minimum atomic E-state index is -4.38. The Kier molecular flexibility index (Phi) is 4.75. The highest BCUT2D eigenvalue weighted by molar-refractivity contribution is 5.91. The fourth-order valence-corrected chi connectivity index (χ4v) is 1.70. The highest BCUT2D eigenvalue weighted by Crippen LogP contribution is 2.31. The summed E-state index contributed by atoms with van der Waals surface area (Å²) in [4.78, 5) is 10.8. The number of halogens is 3. The van der Waals surface area contributed by atoms with E-state index in [9.17, 15) is 18.0 Å². The molecular formula is C14H15F3O2. The van der Waals surface area contributed by atoms with Crippen LogP contribution in [-0.4, -0.2) is 11.1 Å². The van der Waals surface area contributed by atoms with Crippen LogP contribution in [0.15, 0.2) is 23.8 Å². The van der Waals surface area contributed by atoms with E-state index < -0.39 is 17.7 Å². The Morgan fingerprint density at radius 2 is 2.00 bits per heavy atom. The summed E-state index contributed by atoms with van der Waals surface area (Å²) >= 11 is 0. The van der Waals surface area contributed by atoms with Gasteiger partial charge in [-0.1, -0.05) is 19.4 Å². The molecule has 0 aliphatic heterocycles. The van der Waals surface area contributed by atoms with Crippen molar-refractivity contribution in [2.75, 3.05) is 0 Å². The maximum Gasteiger partial charge on any atom is 0.416 e. The molecule has 0 unspecified atom stereocenters. The van der Waals surface area contributed by atoms with Crippen molar-refractivity contribution in [3.63, 3.8) is 0 Å². The van der Waals surface area contributed by atoms with Crippen LogP contribution in [0.3, 0.4) is 0 Å². The van der Waals surface area contributed by atoms with E-state index in [0.717, 1.165) is 12.1 Å². The molecule has 0 aliphatic rings. The number of rotatable bonds is 4. The molecule has 0 radical (unpaired) electrons.